The van der Waals surface area contributed by atoms with Crippen LogP contribution in [0.4, 0.5) is 4.39 Å². The van der Waals surface area contributed by atoms with Gasteiger partial charge in [-0.2, -0.15) is 5.26 Å². The van der Waals surface area contributed by atoms with E-state index in [9.17, 15) is 20.3 Å². The Morgan fingerprint density at radius 3 is 2.70 bits per heavy atom. The number of carbonyl (C=O) groups is 1. The number of carboxylic acid groups (broad SMARTS) is 1. The van der Waals surface area contributed by atoms with Crippen LogP contribution in [0.2, 0.25) is 5.02 Å². The zero-order valence-electron chi connectivity index (χ0n) is 29.9. The van der Waals surface area contributed by atoms with Gasteiger partial charge in [-0.3, -0.25) is 14.7 Å². The van der Waals surface area contributed by atoms with E-state index in [1.807, 2.05) is 35.2 Å². The quantitative estimate of drug-likeness (QED) is 0.164. The Bertz CT molecular complexity index is 1850. The van der Waals surface area contributed by atoms with Crippen LogP contribution in [0, 0.1) is 11.3 Å². The van der Waals surface area contributed by atoms with E-state index in [1.165, 1.54) is 13.1 Å². The normalized spacial score (nSPS) is 24.8. The predicted molar refractivity (Wildman–Crippen MR) is 199 cm³/mol. The Morgan fingerprint density at radius 1 is 1.11 bits per heavy atom. The minimum atomic E-state index is -2.02. The van der Waals surface area contributed by atoms with Gasteiger partial charge in [0.25, 0.3) is 0 Å². The summed E-state index contributed by atoms with van der Waals surface area (Å²) in [4.78, 5) is 20.3. The maximum absolute atomic E-state index is 17.5. The lowest BCUT2D eigenvalue weighted by molar-refractivity contribution is -0.144. The Kier molecular flexibility index (Phi) is 12.5. The highest BCUT2D eigenvalue weighted by atomic mass is 35.5. The number of pyridine rings is 1. The first-order chi connectivity index (χ1) is 25.6. The molecule has 0 bridgehead atoms. The van der Waals surface area contributed by atoms with Gasteiger partial charge >= 0.3 is 5.97 Å². The molecular weight excluding hydrogens is 699 g/mol. The second kappa shape index (κ2) is 17.2. The molecule has 1 aliphatic carbocycles. The van der Waals surface area contributed by atoms with Crippen LogP contribution in [-0.4, -0.2) is 93.8 Å². The Labute approximate surface area is 315 Å². The second-order valence-corrected chi connectivity index (χ2v) is 14.5. The third-order valence-corrected chi connectivity index (χ3v) is 10.7. The van der Waals surface area contributed by atoms with Crippen LogP contribution in [0.5, 0.6) is 11.5 Å². The minimum absolute atomic E-state index is 0.0799. The van der Waals surface area contributed by atoms with Crippen molar-refractivity contribution in [3.8, 4) is 17.6 Å². The summed E-state index contributed by atoms with van der Waals surface area (Å²) >= 11 is 6.89. The molecule has 0 saturated carbocycles. The molecule has 0 spiro atoms. The molecule has 3 aliphatic rings. The summed E-state index contributed by atoms with van der Waals surface area (Å²) in [5.74, 6) is -0.215. The summed E-state index contributed by atoms with van der Waals surface area (Å²) in [6.07, 6.45) is 11.6. The number of halogens is 2. The lowest BCUT2D eigenvalue weighted by atomic mass is 9.74. The van der Waals surface area contributed by atoms with Gasteiger partial charge in [0, 0.05) is 62.4 Å². The number of aliphatic hydroxyl groups excluding tert-OH is 1. The van der Waals surface area contributed by atoms with E-state index in [2.05, 4.69) is 16.0 Å². The van der Waals surface area contributed by atoms with Gasteiger partial charge in [0.15, 0.2) is 11.3 Å². The van der Waals surface area contributed by atoms with Crippen molar-refractivity contribution in [1.29, 1.82) is 5.26 Å². The number of nitriles is 1. The first-order valence-electron chi connectivity index (χ1n) is 18.2. The Morgan fingerprint density at radius 2 is 1.94 bits per heavy atom. The largest absolute Gasteiger partial charge is 0.488 e. The van der Waals surface area contributed by atoms with Crippen molar-refractivity contribution in [2.24, 2.45) is 0 Å². The van der Waals surface area contributed by atoms with Crippen LogP contribution >= 0.6 is 11.6 Å². The number of carboxylic acids is 1. The van der Waals surface area contributed by atoms with Gasteiger partial charge in [0.1, 0.15) is 36.8 Å². The van der Waals surface area contributed by atoms with Gasteiger partial charge in [-0.15, -0.1) is 0 Å². The van der Waals surface area contributed by atoms with Crippen molar-refractivity contribution >= 4 is 23.1 Å². The first kappa shape index (κ1) is 38.4. The Hall–Kier alpha value is -4.31. The number of allylic oxidation sites excluding steroid dienone is 2. The molecule has 2 aliphatic heterocycles. The monoisotopic (exact) mass is 744 g/mol. The number of hydrogen-bond acceptors (Lipinski definition) is 9. The zero-order valence-corrected chi connectivity index (χ0v) is 30.7. The lowest BCUT2D eigenvalue weighted by Crippen LogP contribution is -2.55. The summed E-state index contributed by atoms with van der Waals surface area (Å²) in [7, 11) is 0. The highest BCUT2D eigenvalue weighted by molar-refractivity contribution is 6.32. The number of piperidine rings is 1. The number of rotatable bonds is 15. The highest BCUT2D eigenvalue weighted by Crippen LogP contribution is 2.46. The van der Waals surface area contributed by atoms with Crippen molar-refractivity contribution in [3.05, 3.63) is 106 Å². The number of β-amino-alcohol motifs (C(OH)–C–C–N with tert-alkyl or cyclic N) is 1. The lowest BCUT2D eigenvalue weighted by Gasteiger charge is -2.44. The molecule has 10 nitrogen and oxygen atoms in total. The molecule has 3 heterocycles. The van der Waals surface area contributed by atoms with E-state index in [1.54, 1.807) is 42.6 Å². The van der Waals surface area contributed by atoms with Crippen LogP contribution in [-0.2, 0) is 22.7 Å². The van der Waals surface area contributed by atoms with Crippen LogP contribution in [0.25, 0.3) is 5.57 Å². The fourth-order valence-corrected chi connectivity index (χ4v) is 7.63. The van der Waals surface area contributed by atoms with Crippen LogP contribution in [0.3, 0.4) is 0 Å². The van der Waals surface area contributed by atoms with Gasteiger partial charge in [0.05, 0.1) is 16.7 Å². The zero-order chi connectivity index (χ0) is 37.4. The number of aliphatic hydroxyl groups is 1. The fourth-order valence-electron chi connectivity index (χ4n) is 7.39. The molecule has 2 N–H and O–H groups in total. The molecule has 53 heavy (non-hydrogen) atoms. The fraction of sp³-hybridized carbons (Fsp3) is 0.439. The standard InChI is InChI=1S/C41H46ClFN4O6/c1-40(43)34(31-9-3-2-4-10-31)11-7-14-41(40,53-18-8-15-46-17-13-33(48)26-46)28-52-38-21-37(51-27-30-19-29(22-44)23-45-24-30)32(20-35(38)42)25-47-16-6-5-12-36(47)39(49)50/h2-4,7,9-11,14,19-21,23-24,33,36,48H,5-6,8,12-13,15-18,25-28H2,1H3,(H,49,50)/t33-,36+,40?,41?/m1/s1. The molecule has 1 aromatic heterocycles. The van der Waals surface area contributed by atoms with Crippen LogP contribution < -0.4 is 9.47 Å². The maximum Gasteiger partial charge on any atom is 0.320 e. The van der Waals surface area contributed by atoms with Crippen LogP contribution in [0.15, 0.2) is 79.2 Å². The molecule has 2 fully saturated rings. The van der Waals surface area contributed by atoms with Crippen molar-refractivity contribution < 1.29 is 33.6 Å². The van der Waals surface area contributed by atoms with E-state index in [0.717, 1.165) is 31.4 Å². The van der Waals surface area contributed by atoms with Gasteiger partial charge in [-0.05, 0) is 68.5 Å². The molecule has 4 atom stereocenters. The molecule has 2 saturated heterocycles. The number of aliphatic carboxylic acids is 1. The van der Waals surface area contributed by atoms with Crippen LogP contribution in [0.1, 0.15) is 61.3 Å². The molecule has 280 valence electrons. The Balaban J connectivity index is 1.28. The number of aromatic nitrogens is 1. The van der Waals surface area contributed by atoms with Gasteiger partial charge < -0.3 is 29.3 Å². The van der Waals surface area contributed by atoms with E-state index in [0.29, 0.717) is 60.5 Å². The third kappa shape index (κ3) is 9.08. The van der Waals surface area contributed by atoms with Gasteiger partial charge in [0.2, 0.25) is 0 Å². The number of hydrogen-bond donors (Lipinski definition) is 2. The summed E-state index contributed by atoms with van der Waals surface area (Å²) in [5, 5.41) is 29.5. The summed E-state index contributed by atoms with van der Waals surface area (Å²) in [6.45, 7) is 4.64. The van der Waals surface area contributed by atoms with E-state index in [4.69, 9.17) is 25.8 Å². The molecule has 3 aromatic rings. The third-order valence-electron chi connectivity index (χ3n) is 10.4. The number of likely N-dealkylation sites (tertiary alicyclic amines) is 2. The average Bonchev–Trinajstić information content (AvgIpc) is 3.58. The second-order valence-electron chi connectivity index (χ2n) is 14.1. The van der Waals surface area contributed by atoms with E-state index in [-0.39, 0.29) is 43.2 Å². The number of ether oxygens (including phenoxy) is 3. The first-order valence-corrected chi connectivity index (χ1v) is 18.5. The van der Waals surface area contributed by atoms with Gasteiger partial charge in [-0.25, -0.2) is 4.39 Å². The SMILES string of the molecule is CC1(F)C(c2ccccc2)=CC=CC1(COc1cc(OCc2cncc(C#N)c2)c(CN2CCCC[C@H]2C(=O)O)cc1Cl)OCCCN1CC[C@@H](O)C1. The smallest absolute Gasteiger partial charge is 0.320 e. The molecule has 0 radical (unpaired) electrons. The number of alkyl halides is 1. The average molecular weight is 745 g/mol. The molecule has 2 aromatic carbocycles. The predicted octanol–water partition coefficient (Wildman–Crippen LogP) is 6.60. The molecular formula is C41H46ClFN4O6. The number of benzene rings is 2. The summed E-state index contributed by atoms with van der Waals surface area (Å²) < 4.78 is 36.7. The topological polar surface area (TPSA) is 128 Å². The summed E-state index contributed by atoms with van der Waals surface area (Å²) in [6, 6.07) is 15.9. The van der Waals surface area contributed by atoms with E-state index < -0.39 is 23.3 Å². The summed E-state index contributed by atoms with van der Waals surface area (Å²) in [5.41, 5.74) is -0.632. The highest BCUT2D eigenvalue weighted by Gasteiger charge is 2.53. The van der Waals surface area contributed by atoms with Crippen molar-refractivity contribution in [1.82, 2.24) is 14.8 Å². The van der Waals surface area contributed by atoms with Gasteiger partial charge in [-0.1, -0.05) is 60.5 Å². The number of nitrogens with zero attached hydrogens (tertiary/aromatic N) is 4. The molecule has 12 heteroatoms. The van der Waals surface area contributed by atoms with Crippen molar-refractivity contribution in [2.45, 2.75) is 75.6 Å². The maximum atomic E-state index is 17.5. The van der Waals surface area contributed by atoms with Crippen molar-refractivity contribution in [3.63, 3.8) is 0 Å². The minimum Gasteiger partial charge on any atom is -0.488 e. The molecule has 0 amide bonds. The molecule has 2 unspecified atom stereocenters. The van der Waals surface area contributed by atoms with Crippen molar-refractivity contribution in [2.75, 3.05) is 39.4 Å². The van der Waals surface area contributed by atoms with E-state index >= 15 is 4.39 Å². The molecule has 6 rings (SSSR count).